The lowest BCUT2D eigenvalue weighted by Crippen LogP contribution is -2.31. The van der Waals surface area contributed by atoms with Crippen molar-refractivity contribution in [2.75, 3.05) is 6.61 Å². The SMILES string of the molecule is C[C@@H](NC(=O)COC(=O)c1ccccc1F)c1ccc(Cl)cc1. The molecule has 2 aromatic rings. The number of halogens is 2. The zero-order valence-electron chi connectivity index (χ0n) is 12.4. The molecule has 0 saturated carbocycles. The number of esters is 1. The van der Waals surface area contributed by atoms with Gasteiger partial charge in [-0.3, -0.25) is 4.79 Å². The highest BCUT2D eigenvalue weighted by Crippen LogP contribution is 2.16. The highest BCUT2D eigenvalue weighted by atomic mass is 35.5. The maximum absolute atomic E-state index is 13.4. The third-order valence-corrected chi connectivity index (χ3v) is 3.43. The molecule has 0 aliphatic carbocycles. The van der Waals surface area contributed by atoms with Crippen molar-refractivity contribution in [2.24, 2.45) is 0 Å². The lowest BCUT2D eigenvalue weighted by atomic mass is 10.1. The molecule has 0 aromatic heterocycles. The molecule has 1 N–H and O–H groups in total. The van der Waals surface area contributed by atoms with Crippen molar-refractivity contribution in [3.63, 3.8) is 0 Å². The minimum atomic E-state index is -0.877. The molecule has 0 radical (unpaired) electrons. The summed E-state index contributed by atoms with van der Waals surface area (Å²) >= 11 is 5.80. The van der Waals surface area contributed by atoms with Crippen LogP contribution < -0.4 is 5.32 Å². The van der Waals surface area contributed by atoms with Crippen LogP contribution in [0.4, 0.5) is 4.39 Å². The highest BCUT2D eigenvalue weighted by Gasteiger charge is 2.15. The Morgan fingerprint density at radius 2 is 1.83 bits per heavy atom. The average Bonchev–Trinajstić information content (AvgIpc) is 2.53. The number of benzene rings is 2. The molecule has 23 heavy (non-hydrogen) atoms. The summed E-state index contributed by atoms with van der Waals surface area (Å²) < 4.78 is 18.2. The number of amides is 1. The fourth-order valence-electron chi connectivity index (χ4n) is 1.95. The van der Waals surface area contributed by atoms with Gasteiger partial charge in [0, 0.05) is 5.02 Å². The minimum Gasteiger partial charge on any atom is -0.452 e. The standard InChI is InChI=1S/C17H15ClFNO3/c1-11(12-6-8-13(18)9-7-12)20-16(21)10-23-17(22)14-4-2-3-5-15(14)19/h2-9,11H,10H2,1H3,(H,20,21)/t11-/m1/s1. The molecular formula is C17H15ClFNO3. The summed E-state index contributed by atoms with van der Waals surface area (Å²) in [7, 11) is 0. The van der Waals surface area contributed by atoms with E-state index in [1.54, 1.807) is 31.2 Å². The van der Waals surface area contributed by atoms with Crippen LogP contribution in [0.5, 0.6) is 0 Å². The third kappa shape index (κ3) is 4.79. The molecule has 0 aliphatic heterocycles. The van der Waals surface area contributed by atoms with Gasteiger partial charge < -0.3 is 10.1 Å². The Morgan fingerprint density at radius 1 is 1.17 bits per heavy atom. The third-order valence-electron chi connectivity index (χ3n) is 3.18. The summed E-state index contributed by atoms with van der Waals surface area (Å²) in [5.41, 5.74) is 0.661. The Kier molecular flexibility index (Phi) is 5.71. The van der Waals surface area contributed by atoms with Crippen molar-refractivity contribution in [3.05, 3.63) is 70.5 Å². The van der Waals surface area contributed by atoms with Crippen LogP contribution in [0.25, 0.3) is 0 Å². The maximum Gasteiger partial charge on any atom is 0.341 e. The van der Waals surface area contributed by atoms with Crippen LogP contribution in [-0.2, 0) is 9.53 Å². The Morgan fingerprint density at radius 3 is 2.48 bits per heavy atom. The fraction of sp³-hybridized carbons (Fsp3) is 0.176. The number of hydrogen-bond donors (Lipinski definition) is 1. The number of rotatable bonds is 5. The molecule has 0 saturated heterocycles. The molecule has 0 unspecified atom stereocenters. The van der Waals surface area contributed by atoms with Crippen LogP contribution in [0.2, 0.25) is 5.02 Å². The molecule has 0 heterocycles. The van der Waals surface area contributed by atoms with Crippen molar-refractivity contribution in [1.82, 2.24) is 5.32 Å². The second-order valence-corrected chi connectivity index (χ2v) is 5.33. The number of carbonyl (C=O) groups excluding carboxylic acids is 2. The predicted octanol–water partition coefficient (Wildman–Crippen LogP) is 3.51. The van der Waals surface area contributed by atoms with Gasteiger partial charge in [-0.2, -0.15) is 0 Å². The number of carbonyl (C=O) groups is 2. The summed E-state index contributed by atoms with van der Waals surface area (Å²) in [5.74, 6) is -2.04. The lowest BCUT2D eigenvalue weighted by Gasteiger charge is -2.14. The van der Waals surface area contributed by atoms with Crippen LogP contribution in [0.3, 0.4) is 0 Å². The first-order chi connectivity index (χ1) is 11.0. The van der Waals surface area contributed by atoms with Crippen LogP contribution in [0.15, 0.2) is 48.5 Å². The quantitative estimate of drug-likeness (QED) is 0.851. The van der Waals surface area contributed by atoms with Gasteiger partial charge in [0.05, 0.1) is 11.6 Å². The van der Waals surface area contributed by atoms with E-state index in [1.807, 2.05) is 0 Å². The summed E-state index contributed by atoms with van der Waals surface area (Å²) in [4.78, 5) is 23.5. The smallest absolute Gasteiger partial charge is 0.341 e. The van der Waals surface area contributed by atoms with Crippen LogP contribution in [0, 0.1) is 5.82 Å². The minimum absolute atomic E-state index is 0.203. The van der Waals surface area contributed by atoms with E-state index < -0.39 is 24.3 Å². The Hall–Kier alpha value is -2.40. The molecule has 4 nitrogen and oxygen atoms in total. The van der Waals surface area contributed by atoms with E-state index in [1.165, 1.54) is 18.2 Å². The van der Waals surface area contributed by atoms with Crippen LogP contribution in [0.1, 0.15) is 28.9 Å². The first-order valence-electron chi connectivity index (χ1n) is 6.94. The maximum atomic E-state index is 13.4. The summed E-state index contributed by atoms with van der Waals surface area (Å²) in [6.07, 6.45) is 0. The van der Waals surface area contributed by atoms with E-state index in [9.17, 15) is 14.0 Å². The van der Waals surface area contributed by atoms with Gasteiger partial charge in [0.1, 0.15) is 5.82 Å². The average molecular weight is 336 g/mol. The molecule has 6 heteroatoms. The number of ether oxygens (including phenoxy) is 1. The molecule has 0 fully saturated rings. The fourth-order valence-corrected chi connectivity index (χ4v) is 2.08. The molecule has 2 aromatic carbocycles. The molecule has 0 aliphatic rings. The van der Waals surface area contributed by atoms with Gasteiger partial charge >= 0.3 is 5.97 Å². The van der Waals surface area contributed by atoms with E-state index in [2.05, 4.69) is 5.32 Å². The second kappa shape index (κ2) is 7.74. The van der Waals surface area contributed by atoms with Gasteiger partial charge in [-0.1, -0.05) is 35.9 Å². The van der Waals surface area contributed by atoms with Gasteiger partial charge in [-0.25, -0.2) is 9.18 Å². The summed E-state index contributed by atoms with van der Waals surface area (Å²) in [5, 5.41) is 3.29. The first kappa shape index (κ1) is 17.0. The number of hydrogen-bond acceptors (Lipinski definition) is 3. The topological polar surface area (TPSA) is 55.4 Å². The molecule has 1 amide bonds. The van der Waals surface area contributed by atoms with Crippen molar-refractivity contribution >= 4 is 23.5 Å². The highest BCUT2D eigenvalue weighted by molar-refractivity contribution is 6.30. The van der Waals surface area contributed by atoms with Gasteiger partial charge in [-0.15, -0.1) is 0 Å². The van der Waals surface area contributed by atoms with E-state index in [-0.39, 0.29) is 11.6 Å². The number of nitrogens with one attached hydrogen (secondary N) is 1. The second-order valence-electron chi connectivity index (χ2n) is 4.90. The molecule has 0 spiro atoms. The zero-order valence-corrected chi connectivity index (χ0v) is 13.1. The molecular weight excluding hydrogens is 321 g/mol. The Bertz CT molecular complexity index is 703. The van der Waals surface area contributed by atoms with Gasteiger partial charge in [0.15, 0.2) is 6.61 Å². The lowest BCUT2D eigenvalue weighted by molar-refractivity contribution is -0.124. The predicted molar refractivity (Wildman–Crippen MR) is 84.7 cm³/mol. The normalized spacial score (nSPS) is 11.6. The molecule has 2 rings (SSSR count). The summed E-state index contributed by atoms with van der Waals surface area (Å²) in [6.45, 7) is 1.31. The van der Waals surface area contributed by atoms with Crippen LogP contribution >= 0.6 is 11.6 Å². The van der Waals surface area contributed by atoms with E-state index >= 15 is 0 Å². The van der Waals surface area contributed by atoms with Crippen molar-refractivity contribution in [3.8, 4) is 0 Å². The van der Waals surface area contributed by atoms with Crippen molar-refractivity contribution in [2.45, 2.75) is 13.0 Å². The van der Waals surface area contributed by atoms with Crippen LogP contribution in [-0.4, -0.2) is 18.5 Å². The molecule has 120 valence electrons. The summed E-state index contributed by atoms with van der Waals surface area (Å²) in [6, 6.07) is 12.2. The Labute approximate surface area is 138 Å². The van der Waals surface area contributed by atoms with E-state index in [4.69, 9.17) is 16.3 Å². The largest absolute Gasteiger partial charge is 0.452 e. The van der Waals surface area contributed by atoms with E-state index in [0.717, 1.165) is 11.6 Å². The first-order valence-corrected chi connectivity index (χ1v) is 7.31. The van der Waals surface area contributed by atoms with Gasteiger partial charge in [0.25, 0.3) is 5.91 Å². The monoisotopic (exact) mass is 335 g/mol. The van der Waals surface area contributed by atoms with E-state index in [0.29, 0.717) is 5.02 Å². The van der Waals surface area contributed by atoms with Gasteiger partial charge in [0.2, 0.25) is 0 Å². The molecule has 0 bridgehead atoms. The Balaban J connectivity index is 1.86. The van der Waals surface area contributed by atoms with Crippen molar-refractivity contribution in [1.29, 1.82) is 0 Å². The van der Waals surface area contributed by atoms with Gasteiger partial charge in [-0.05, 0) is 36.8 Å². The van der Waals surface area contributed by atoms with Crippen molar-refractivity contribution < 1.29 is 18.7 Å². The molecule has 1 atom stereocenters. The zero-order chi connectivity index (χ0) is 16.8.